The predicted molar refractivity (Wildman–Crippen MR) is 85.9 cm³/mol. The van der Waals surface area contributed by atoms with Crippen molar-refractivity contribution >= 4 is 0 Å². The summed E-state index contributed by atoms with van der Waals surface area (Å²) in [5, 5.41) is 3.80. The highest BCUT2D eigenvalue weighted by Gasteiger charge is 2.46. The summed E-state index contributed by atoms with van der Waals surface area (Å²) in [5.41, 5.74) is 0.480. The van der Waals surface area contributed by atoms with E-state index >= 15 is 0 Å². The van der Waals surface area contributed by atoms with Crippen molar-refractivity contribution in [1.82, 2.24) is 10.2 Å². The van der Waals surface area contributed by atoms with Gasteiger partial charge in [-0.15, -0.1) is 0 Å². The first-order valence-corrected chi connectivity index (χ1v) is 8.98. The molecule has 1 aliphatic heterocycles. The van der Waals surface area contributed by atoms with E-state index in [1.807, 2.05) is 0 Å². The normalized spacial score (nSPS) is 42.3. The lowest BCUT2D eigenvalue weighted by molar-refractivity contribution is 0.0409. The lowest BCUT2D eigenvalue weighted by atomic mass is 9.69. The number of nitrogens with one attached hydrogen (secondary N) is 1. The monoisotopic (exact) mass is 278 g/mol. The number of rotatable bonds is 3. The van der Waals surface area contributed by atoms with Gasteiger partial charge in [-0.1, -0.05) is 27.7 Å². The summed E-state index contributed by atoms with van der Waals surface area (Å²) >= 11 is 0. The molecule has 2 aliphatic carbocycles. The molecule has 0 aromatic carbocycles. The van der Waals surface area contributed by atoms with Crippen LogP contribution in [0.5, 0.6) is 0 Å². The minimum atomic E-state index is 0.480. The van der Waals surface area contributed by atoms with Crippen LogP contribution in [0.4, 0.5) is 0 Å². The second kappa shape index (κ2) is 5.61. The van der Waals surface area contributed by atoms with Gasteiger partial charge >= 0.3 is 0 Å². The fourth-order valence-electron chi connectivity index (χ4n) is 5.17. The van der Waals surface area contributed by atoms with Crippen LogP contribution in [0.3, 0.4) is 0 Å². The molecule has 0 spiro atoms. The maximum Gasteiger partial charge on any atom is 0.0255 e. The van der Waals surface area contributed by atoms with Crippen LogP contribution in [0.15, 0.2) is 0 Å². The van der Waals surface area contributed by atoms with Crippen LogP contribution < -0.4 is 5.32 Å². The van der Waals surface area contributed by atoms with E-state index in [4.69, 9.17) is 0 Å². The maximum atomic E-state index is 3.80. The molecule has 1 saturated heterocycles. The molecule has 116 valence electrons. The Morgan fingerprint density at radius 1 is 1.05 bits per heavy atom. The first kappa shape index (κ1) is 14.8. The zero-order valence-electron chi connectivity index (χ0n) is 14.0. The number of piperidine rings is 1. The topological polar surface area (TPSA) is 15.3 Å². The van der Waals surface area contributed by atoms with Crippen LogP contribution >= 0.6 is 0 Å². The minimum absolute atomic E-state index is 0.480. The summed E-state index contributed by atoms with van der Waals surface area (Å²) in [6, 6.07) is 2.48. The van der Waals surface area contributed by atoms with E-state index in [0.29, 0.717) is 5.41 Å². The fraction of sp³-hybridized carbons (Fsp3) is 1.00. The quantitative estimate of drug-likeness (QED) is 0.847. The largest absolute Gasteiger partial charge is 0.313 e. The van der Waals surface area contributed by atoms with Crippen LogP contribution in [0.1, 0.15) is 66.2 Å². The van der Waals surface area contributed by atoms with E-state index in [-0.39, 0.29) is 0 Å². The molecule has 20 heavy (non-hydrogen) atoms. The molecule has 2 heteroatoms. The van der Waals surface area contributed by atoms with Crippen LogP contribution in [-0.2, 0) is 0 Å². The highest BCUT2D eigenvalue weighted by atomic mass is 15.2. The standard InChI is InChI=1S/C18H34N2/c1-5-19-16-9-7-14(18(2,3)4)11-17(16)20-12-13-6-8-15(20)10-13/h13-17,19H,5-12H2,1-4H3. The van der Waals surface area contributed by atoms with E-state index in [1.54, 1.807) is 0 Å². The van der Waals surface area contributed by atoms with Gasteiger partial charge in [0.15, 0.2) is 0 Å². The zero-order valence-corrected chi connectivity index (χ0v) is 14.0. The Hall–Kier alpha value is -0.0800. The summed E-state index contributed by atoms with van der Waals surface area (Å²) in [7, 11) is 0. The van der Waals surface area contributed by atoms with Gasteiger partial charge in [0.1, 0.15) is 0 Å². The van der Waals surface area contributed by atoms with Crippen molar-refractivity contribution in [2.24, 2.45) is 17.3 Å². The summed E-state index contributed by atoms with van der Waals surface area (Å²) in [5.74, 6) is 1.93. The SMILES string of the molecule is CCNC1CCC(C(C)(C)C)CC1N1CC2CCC1C2. The van der Waals surface area contributed by atoms with E-state index < -0.39 is 0 Å². The van der Waals surface area contributed by atoms with Gasteiger partial charge in [0.05, 0.1) is 0 Å². The minimum Gasteiger partial charge on any atom is -0.313 e. The van der Waals surface area contributed by atoms with Gasteiger partial charge in [-0.25, -0.2) is 0 Å². The maximum absolute atomic E-state index is 3.80. The van der Waals surface area contributed by atoms with Crippen LogP contribution in [0, 0.1) is 17.3 Å². The average Bonchev–Trinajstić information content (AvgIpc) is 3.00. The Balaban J connectivity index is 1.72. The number of hydrogen-bond donors (Lipinski definition) is 1. The van der Waals surface area contributed by atoms with Gasteiger partial charge in [-0.05, 0) is 62.3 Å². The van der Waals surface area contributed by atoms with Crippen LogP contribution in [0.25, 0.3) is 0 Å². The molecule has 1 N–H and O–H groups in total. The lowest BCUT2D eigenvalue weighted by Gasteiger charge is -2.47. The number of fused-ring (bicyclic) bond motifs is 2. The molecule has 3 rings (SSSR count). The Bertz CT molecular complexity index is 333. The van der Waals surface area contributed by atoms with E-state index in [0.717, 1.165) is 36.5 Å². The van der Waals surface area contributed by atoms with E-state index in [9.17, 15) is 0 Å². The number of hydrogen-bond acceptors (Lipinski definition) is 2. The second-order valence-electron chi connectivity index (χ2n) is 8.64. The summed E-state index contributed by atoms with van der Waals surface area (Å²) in [6.45, 7) is 12.1. The van der Waals surface area contributed by atoms with Gasteiger partial charge in [-0.3, -0.25) is 4.90 Å². The van der Waals surface area contributed by atoms with Crippen LogP contribution in [0.2, 0.25) is 0 Å². The molecule has 2 bridgehead atoms. The Labute approximate surface area is 125 Å². The fourth-order valence-corrected chi connectivity index (χ4v) is 5.17. The lowest BCUT2D eigenvalue weighted by Crippen LogP contribution is -2.56. The molecule has 0 radical (unpaired) electrons. The van der Waals surface area contributed by atoms with Gasteiger partial charge in [0.25, 0.3) is 0 Å². The average molecular weight is 278 g/mol. The van der Waals surface area contributed by atoms with Crippen molar-refractivity contribution in [3.05, 3.63) is 0 Å². The van der Waals surface area contributed by atoms with Gasteiger partial charge in [0.2, 0.25) is 0 Å². The smallest absolute Gasteiger partial charge is 0.0255 e. The molecule has 2 nitrogen and oxygen atoms in total. The van der Waals surface area contributed by atoms with Gasteiger partial charge in [0, 0.05) is 24.7 Å². The summed E-state index contributed by atoms with van der Waals surface area (Å²) in [6.07, 6.45) is 8.69. The molecule has 3 aliphatic rings. The molecular formula is C18H34N2. The highest BCUT2D eigenvalue weighted by Crippen LogP contribution is 2.45. The Morgan fingerprint density at radius 3 is 2.40 bits per heavy atom. The molecule has 0 aromatic rings. The highest BCUT2D eigenvalue weighted by molar-refractivity contribution is 5.01. The molecule has 0 amide bonds. The van der Waals surface area contributed by atoms with Crippen molar-refractivity contribution in [2.45, 2.75) is 84.3 Å². The molecule has 2 saturated carbocycles. The molecule has 0 aromatic heterocycles. The van der Waals surface area contributed by atoms with Crippen molar-refractivity contribution in [3.8, 4) is 0 Å². The van der Waals surface area contributed by atoms with Crippen molar-refractivity contribution in [3.63, 3.8) is 0 Å². The van der Waals surface area contributed by atoms with Crippen molar-refractivity contribution in [2.75, 3.05) is 13.1 Å². The van der Waals surface area contributed by atoms with Crippen molar-refractivity contribution in [1.29, 1.82) is 0 Å². The Morgan fingerprint density at radius 2 is 1.85 bits per heavy atom. The molecule has 3 fully saturated rings. The molecule has 5 atom stereocenters. The van der Waals surface area contributed by atoms with Crippen LogP contribution in [-0.4, -0.2) is 36.1 Å². The van der Waals surface area contributed by atoms with E-state index in [2.05, 4.69) is 37.9 Å². The first-order chi connectivity index (χ1) is 9.49. The Kier molecular flexibility index (Phi) is 4.16. The predicted octanol–water partition coefficient (Wildman–Crippen LogP) is 3.66. The number of nitrogens with zero attached hydrogens (tertiary/aromatic N) is 1. The van der Waals surface area contributed by atoms with Gasteiger partial charge < -0.3 is 5.32 Å². The number of likely N-dealkylation sites (N-methyl/N-ethyl adjacent to an activating group) is 1. The number of likely N-dealkylation sites (tertiary alicyclic amines) is 1. The molecule has 1 heterocycles. The molecule has 5 unspecified atom stereocenters. The summed E-state index contributed by atoms with van der Waals surface area (Å²) < 4.78 is 0. The zero-order chi connectivity index (χ0) is 14.3. The molecular weight excluding hydrogens is 244 g/mol. The van der Waals surface area contributed by atoms with Crippen molar-refractivity contribution < 1.29 is 0 Å². The van der Waals surface area contributed by atoms with E-state index in [1.165, 1.54) is 45.1 Å². The third-order valence-electron chi connectivity index (χ3n) is 6.39. The second-order valence-corrected chi connectivity index (χ2v) is 8.64. The first-order valence-electron chi connectivity index (χ1n) is 8.98. The van der Waals surface area contributed by atoms with Gasteiger partial charge in [-0.2, -0.15) is 0 Å². The third kappa shape index (κ3) is 2.78. The summed E-state index contributed by atoms with van der Waals surface area (Å²) in [4.78, 5) is 2.92. The third-order valence-corrected chi connectivity index (χ3v) is 6.39.